The van der Waals surface area contributed by atoms with E-state index in [0.29, 0.717) is 19.0 Å². The molecule has 170 valence electrons. The summed E-state index contributed by atoms with van der Waals surface area (Å²) in [7, 11) is 0. The first-order valence-corrected chi connectivity index (χ1v) is 11.2. The van der Waals surface area contributed by atoms with Crippen molar-refractivity contribution < 1.29 is 18.7 Å². The molecule has 2 atom stereocenters. The van der Waals surface area contributed by atoms with Crippen LogP contribution in [0.3, 0.4) is 0 Å². The second kappa shape index (κ2) is 9.41. The fraction of sp³-hybridized carbons (Fsp3) is 0.423. The number of benzene rings is 2. The normalized spacial score (nSPS) is 19.7. The molecule has 1 aromatic heterocycles. The van der Waals surface area contributed by atoms with Gasteiger partial charge in [-0.15, -0.1) is 0 Å². The van der Waals surface area contributed by atoms with Gasteiger partial charge in [0.25, 0.3) is 0 Å². The number of piperidine rings is 1. The van der Waals surface area contributed by atoms with Crippen LogP contribution >= 0.6 is 0 Å². The Hall–Kier alpha value is -2.73. The van der Waals surface area contributed by atoms with Crippen molar-refractivity contribution in [3.8, 4) is 0 Å². The summed E-state index contributed by atoms with van der Waals surface area (Å²) in [5.74, 6) is -0.424. The summed E-state index contributed by atoms with van der Waals surface area (Å²) in [5, 5.41) is 10.5. The molecule has 32 heavy (non-hydrogen) atoms. The molecule has 2 aromatic carbocycles. The van der Waals surface area contributed by atoms with Crippen LogP contribution in [-0.2, 0) is 6.42 Å². The van der Waals surface area contributed by atoms with Crippen molar-refractivity contribution in [1.82, 2.24) is 9.88 Å². The molecule has 0 spiro atoms. The fourth-order valence-corrected chi connectivity index (χ4v) is 5.22. The number of aromatic nitrogens is 1. The molecule has 0 aliphatic carbocycles. The van der Waals surface area contributed by atoms with E-state index in [9.17, 15) is 18.7 Å². The summed E-state index contributed by atoms with van der Waals surface area (Å²) in [5.41, 5.74) is 6.35. The van der Waals surface area contributed by atoms with Gasteiger partial charge < -0.3 is 15.0 Å². The first kappa shape index (κ1) is 22.5. The predicted octanol–water partition coefficient (Wildman–Crippen LogP) is 5.79. The molecule has 2 unspecified atom stereocenters. The van der Waals surface area contributed by atoms with E-state index in [0.717, 1.165) is 24.9 Å². The highest BCUT2D eigenvalue weighted by molar-refractivity contribution is 5.88. The molecule has 1 saturated heterocycles. The lowest BCUT2D eigenvalue weighted by atomic mass is 9.76. The molecule has 0 saturated carbocycles. The average Bonchev–Trinajstić information content (AvgIpc) is 3.26. The van der Waals surface area contributed by atoms with Crippen LogP contribution in [0.4, 0.5) is 8.78 Å². The smallest absolute Gasteiger partial charge is 0.335 e. The van der Waals surface area contributed by atoms with Crippen molar-refractivity contribution >= 4 is 16.9 Å². The van der Waals surface area contributed by atoms with Gasteiger partial charge in [0.15, 0.2) is 0 Å². The second-order valence-corrected chi connectivity index (χ2v) is 9.02. The monoisotopic (exact) mass is 440 g/mol. The van der Waals surface area contributed by atoms with E-state index < -0.39 is 12.4 Å². The molecule has 1 aliphatic heterocycles. The zero-order valence-electron chi connectivity index (χ0n) is 18.6. The minimum Gasteiger partial charge on any atom is -0.478 e. The van der Waals surface area contributed by atoms with Gasteiger partial charge in [0.2, 0.25) is 6.43 Å². The van der Waals surface area contributed by atoms with Crippen LogP contribution in [-0.4, -0.2) is 47.0 Å². The predicted molar refractivity (Wildman–Crippen MR) is 123 cm³/mol. The number of nitrogens with one attached hydrogen (secondary N) is 1. The molecule has 2 N–H and O–H groups in total. The van der Waals surface area contributed by atoms with E-state index in [4.69, 9.17) is 0 Å². The van der Waals surface area contributed by atoms with Crippen molar-refractivity contribution in [2.75, 3.05) is 19.6 Å². The number of carboxylic acids is 1. The molecule has 0 amide bonds. The minimum absolute atomic E-state index is 0.115. The molecule has 6 heteroatoms. The number of hydrogen-bond acceptors (Lipinski definition) is 2. The van der Waals surface area contributed by atoms with Crippen molar-refractivity contribution in [3.63, 3.8) is 0 Å². The first-order chi connectivity index (χ1) is 15.3. The number of aryl methyl sites for hydroxylation is 2. The van der Waals surface area contributed by atoms with E-state index in [-0.39, 0.29) is 17.9 Å². The average molecular weight is 441 g/mol. The fourth-order valence-electron chi connectivity index (χ4n) is 5.22. The summed E-state index contributed by atoms with van der Waals surface area (Å²) in [6.45, 7) is 6.18. The topological polar surface area (TPSA) is 56.3 Å². The summed E-state index contributed by atoms with van der Waals surface area (Å²) in [6.07, 6.45) is 1.41. The van der Waals surface area contributed by atoms with Crippen LogP contribution in [0.1, 0.15) is 51.4 Å². The molecule has 4 rings (SSSR count). The SMILES string of the molecule is Cc1cc(C)c2[nH]ccc2c1CC1CCN(CCC(F)F)CC1c1ccc(C(=O)O)cc1. The Morgan fingerprint density at radius 1 is 1.19 bits per heavy atom. The Labute approximate surface area is 187 Å². The number of likely N-dealkylation sites (tertiary alicyclic amines) is 1. The zero-order chi connectivity index (χ0) is 22.8. The third kappa shape index (κ3) is 4.70. The summed E-state index contributed by atoms with van der Waals surface area (Å²) in [6, 6.07) is 11.4. The number of carbonyl (C=O) groups is 1. The quantitative estimate of drug-likeness (QED) is 0.489. The lowest BCUT2D eigenvalue weighted by Crippen LogP contribution is -2.41. The number of halogens is 2. The van der Waals surface area contributed by atoms with Gasteiger partial charge in [0.05, 0.1) is 5.56 Å². The van der Waals surface area contributed by atoms with Crippen LogP contribution in [0, 0.1) is 19.8 Å². The molecular formula is C26H30F2N2O2. The minimum atomic E-state index is -2.29. The van der Waals surface area contributed by atoms with Crippen molar-refractivity contribution in [2.24, 2.45) is 5.92 Å². The maximum atomic E-state index is 12.8. The van der Waals surface area contributed by atoms with Gasteiger partial charge in [-0.3, -0.25) is 0 Å². The number of H-pyrrole nitrogens is 1. The highest BCUT2D eigenvalue weighted by atomic mass is 19.3. The van der Waals surface area contributed by atoms with E-state index in [1.807, 2.05) is 18.3 Å². The van der Waals surface area contributed by atoms with Crippen molar-refractivity contribution in [2.45, 2.75) is 45.5 Å². The van der Waals surface area contributed by atoms with Crippen LogP contribution in [0.5, 0.6) is 0 Å². The molecule has 4 nitrogen and oxygen atoms in total. The molecule has 2 heterocycles. The van der Waals surface area contributed by atoms with E-state index in [2.05, 4.69) is 35.9 Å². The number of alkyl halides is 2. The maximum Gasteiger partial charge on any atom is 0.335 e. The van der Waals surface area contributed by atoms with Gasteiger partial charge in [-0.2, -0.15) is 0 Å². The first-order valence-electron chi connectivity index (χ1n) is 11.2. The van der Waals surface area contributed by atoms with Crippen LogP contribution in [0.15, 0.2) is 42.6 Å². The highest BCUT2D eigenvalue weighted by Gasteiger charge is 2.31. The third-order valence-electron chi connectivity index (χ3n) is 6.93. The van der Waals surface area contributed by atoms with E-state index in [1.54, 1.807) is 12.1 Å². The van der Waals surface area contributed by atoms with Gasteiger partial charge in [-0.25, -0.2) is 13.6 Å². The number of rotatable bonds is 7. The summed E-state index contributed by atoms with van der Waals surface area (Å²) < 4.78 is 25.6. The molecular weight excluding hydrogens is 410 g/mol. The van der Waals surface area contributed by atoms with Gasteiger partial charge in [0.1, 0.15) is 0 Å². The standard InChI is InChI=1S/C26H30F2N2O2/c1-16-13-17(2)25-21(7-10-29-25)22(16)14-20-8-11-30(12-9-24(27)28)15-23(20)18-3-5-19(6-4-18)26(31)32/h3-7,10,13,20,23-24,29H,8-9,11-12,14-15H2,1-2H3,(H,31,32). The summed E-state index contributed by atoms with van der Waals surface area (Å²) >= 11 is 0. The van der Waals surface area contributed by atoms with Crippen molar-refractivity contribution in [1.29, 1.82) is 0 Å². The highest BCUT2D eigenvalue weighted by Crippen LogP contribution is 2.37. The zero-order valence-corrected chi connectivity index (χ0v) is 18.6. The summed E-state index contributed by atoms with van der Waals surface area (Å²) in [4.78, 5) is 16.8. The second-order valence-electron chi connectivity index (χ2n) is 9.02. The number of hydrogen-bond donors (Lipinski definition) is 2. The Bertz CT molecular complexity index is 1090. The Morgan fingerprint density at radius 3 is 2.62 bits per heavy atom. The van der Waals surface area contributed by atoms with Gasteiger partial charge in [-0.05, 0) is 85.5 Å². The molecule has 1 fully saturated rings. The number of nitrogens with zero attached hydrogens (tertiary/aromatic N) is 1. The lowest BCUT2D eigenvalue weighted by Gasteiger charge is -2.39. The maximum absolute atomic E-state index is 12.8. The van der Waals surface area contributed by atoms with Crippen LogP contribution in [0.2, 0.25) is 0 Å². The lowest BCUT2D eigenvalue weighted by molar-refractivity contribution is 0.0697. The largest absolute Gasteiger partial charge is 0.478 e. The molecule has 1 aliphatic rings. The van der Waals surface area contributed by atoms with E-state index >= 15 is 0 Å². The van der Waals surface area contributed by atoms with Gasteiger partial charge >= 0.3 is 5.97 Å². The van der Waals surface area contributed by atoms with E-state index in [1.165, 1.54) is 27.6 Å². The number of carboxylic acid groups (broad SMARTS) is 1. The number of aromatic carboxylic acids is 1. The van der Waals surface area contributed by atoms with Crippen LogP contribution in [0.25, 0.3) is 10.9 Å². The van der Waals surface area contributed by atoms with Crippen molar-refractivity contribution in [3.05, 3.63) is 70.4 Å². The van der Waals surface area contributed by atoms with Gasteiger partial charge in [0, 0.05) is 36.6 Å². The number of aromatic amines is 1. The van der Waals surface area contributed by atoms with Gasteiger partial charge in [-0.1, -0.05) is 18.2 Å². The number of fused-ring (bicyclic) bond motifs is 1. The Morgan fingerprint density at radius 2 is 1.94 bits per heavy atom. The molecule has 0 bridgehead atoms. The Kier molecular flexibility index (Phi) is 6.60. The molecule has 3 aromatic rings. The van der Waals surface area contributed by atoms with Crippen LogP contribution < -0.4 is 0 Å². The third-order valence-corrected chi connectivity index (χ3v) is 6.93. The Balaban J connectivity index is 1.63. The molecule has 0 radical (unpaired) electrons.